The number of hydrogen-bond donors (Lipinski definition) is 2. The Morgan fingerprint density at radius 1 is 1.56 bits per heavy atom. The predicted octanol–water partition coefficient (Wildman–Crippen LogP) is 1.37. The van der Waals surface area contributed by atoms with Gasteiger partial charge in [-0.15, -0.1) is 0 Å². The first-order valence-electron chi connectivity index (χ1n) is 5.84. The summed E-state index contributed by atoms with van der Waals surface area (Å²) in [6.07, 6.45) is -0.0863. The Morgan fingerprint density at radius 2 is 2.28 bits per heavy atom. The van der Waals surface area contributed by atoms with Gasteiger partial charge >= 0.3 is 0 Å². The molecule has 0 bridgehead atoms. The summed E-state index contributed by atoms with van der Waals surface area (Å²) >= 11 is 0. The lowest BCUT2D eigenvalue weighted by Gasteiger charge is -2.17. The molecule has 1 rings (SSSR count). The van der Waals surface area contributed by atoms with Gasteiger partial charge in [0, 0.05) is 13.7 Å². The maximum absolute atomic E-state index is 13.0. The van der Waals surface area contributed by atoms with Crippen LogP contribution >= 0.6 is 0 Å². The molecule has 18 heavy (non-hydrogen) atoms. The van der Waals surface area contributed by atoms with Gasteiger partial charge in [0.25, 0.3) is 0 Å². The van der Waals surface area contributed by atoms with Gasteiger partial charge in [-0.25, -0.2) is 4.39 Å². The van der Waals surface area contributed by atoms with Crippen LogP contribution in [0.1, 0.15) is 24.9 Å². The number of carbonyl (C=O) groups is 1. The molecule has 0 fully saturated rings. The van der Waals surface area contributed by atoms with Crippen molar-refractivity contribution in [3.8, 4) is 0 Å². The van der Waals surface area contributed by atoms with Crippen molar-refractivity contribution >= 4 is 5.91 Å². The quantitative estimate of drug-likeness (QED) is 0.805. The molecule has 0 aliphatic heterocycles. The highest BCUT2D eigenvalue weighted by Crippen LogP contribution is 2.13. The second-order valence-electron chi connectivity index (χ2n) is 4.14. The van der Waals surface area contributed by atoms with Crippen LogP contribution in [0.2, 0.25) is 0 Å². The van der Waals surface area contributed by atoms with E-state index in [1.807, 2.05) is 0 Å². The molecule has 0 radical (unpaired) electrons. The Labute approximate surface area is 106 Å². The average Bonchev–Trinajstić information content (AvgIpc) is 2.35. The average molecular weight is 254 g/mol. The molecule has 0 aliphatic rings. The minimum Gasteiger partial charge on any atom is -0.380 e. The maximum Gasteiger partial charge on any atom is 0.223 e. The van der Waals surface area contributed by atoms with Gasteiger partial charge in [-0.1, -0.05) is 12.1 Å². The van der Waals surface area contributed by atoms with E-state index in [1.165, 1.54) is 19.2 Å². The van der Waals surface area contributed by atoms with Crippen LogP contribution in [0.4, 0.5) is 4.39 Å². The third-order valence-electron chi connectivity index (χ3n) is 2.74. The van der Waals surface area contributed by atoms with Crippen LogP contribution in [0, 0.1) is 5.82 Å². The highest BCUT2D eigenvalue weighted by atomic mass is 19.1. The van der Waals surface area contributed by atoms with Crippen molar-refractivity contribution in [2.24, 2.45) is 5.73 Å². The lowest BCUT2D eigenvalue weighted by Crippen LogP contribution is -2.33. The molecule has 2 atom stereocenters. The number of hydrogen-bond acceptors (Lipinski definition) is 3. The van der Waals surface area contributed by atoms with Gasteiger partial charge in [-0.3, -0.25) is 4.79 Å². The van der Waals surface area contributed by atoms with Crippen LogP contribution in [0.15, 0.2) is 24.3 Å². The molecule has 0 heterocycles. The van der Waals surface area contributed by atoms with Crippen molar-refractivity contribution in [3.05, 3.63) is 35.6 Å². The fourth-order valence-electron chi connectivity index (χ4n) is 1.63. The molecular formula is C13H19FN2O2. The normalized spacial score (nSPS) is 14.0. The molecule has 4 nitrogen and oxygen atoms in total. The van der Waals surface area contributed by atoms with Crippen LogP contribution in [-0.2, 0) is 9.53 Å². The van der Waals surface area contributed by atoms with E-state index >= 15 is 0 Å². The molecule has 3 N–H and O–H groups in total. The maximum atomic E-state index is 13.0. The molecule has 0 aliphatic carbocycles. The van der Waals surface area contributed by atoms with Gasteiger partial charge in [-0.05, 0) is 24.6 Å². The molecule has 0 saturated carbocycles. The van der Waals surface area contributed by atoms with Crippen molar-refractivity contribution < 1.29 is 13.9 Å². The molecule has 100 valence electrons. The Morgan fingerprint density at radius 3 is 2.83 bits per heavy atom. The fraction of sp³-hybridized carbons (Fsp3) is 0.462. The van der Waals surface area contributed by atoms with Gasteiger partial charge in [0.2, 0.25) is 5.91 Å². The molecule has 1 aromatic rings. The van der Waals surface area contributed by atoms with E-state index in [1.54, 1.807) is 19.1 Å². The zero-order valence-electron chi connectivity index (χ0n) is 10.7. The number of methoxy groups -OCH3 is 1. The lowest BCUT2D eigenvalue weighted by atomic mass is 10.1. The smallest absolute Gasteiger partial charge is 0.223 e. The van der Waals surface area contributed by atoms with Crippen molar-refractivity contribution in [1.29, 1.82) is 0 Å². The van der Waals surface area contributed by atoms with E-state index in [-0.39, 0.29) is 36.8 Å². The number of ether oxygens (including phenoxy) is 1. The Bertz CT molecular complexity index is 394. The number of carbonyl (C=O) groups excluding carboxylic acids is 1. The highest BCUT2D eigenvalue weighted by molar-refractivity contribution is 5.76. The summed E-state index contributed by atoms with van der Waals surface area (Å²) in [5.74, 6) is -0.477. The summed E-state index contributed by atoms with van der Waals surface area (Å²) in [5, 5.41) is 2.78. The molecule has 5 heteroatoms. The third kappa shape index (κ3) is 4.43. The Hall–Kier alpha value is -1.46. The predicted molar refractivity (Wildman–Crippen MR) is 67.4 cm³/mol. The van der Waals surface area contributed by atoms with Crippen molar-refractivity contribution in [2.75, 3.05) is 13.7 Å². The van der Waals surface area contributed by atoms with Gasteiger partial charge in [-0.2, -0.15) is 0 Å². The van der Waals surface area contributed by atoms with E-state index in [2.05, 4.69) is 5.32 Å². The van der Waals surface area contributed by atoms with Gasteiger partial charge in [0.05, 0.1) is 18.6 Å². The second-order valence-corrected chi connectivity index (χ2v) is 4.14. The van der Waals surface area contributed by atoms with Gasteiger partial charge in [0.1, 0.15) is 5.82 Å². The van der Waals surface area contributed by atoms with E-state index < -0.39 is 0 Å². The topological polar surface area (TPSA) is 64.3 Å². The summed E-state index contributed by atoms with van der Waals surface area (Å²) in [7, 11) is 1.51. The minimum atomic E-state index is -0.315. The standard InChI is InChI=1S/C13H19FN2O2/c1-9(10-4-3-5-11(14)6-10)16-13(17)7-12(8-15)18-2/h3-6,9,12H,7-8,15H2,1-2H3,(H,16,17)/t9-,12?/m0/s1. The third-order valence-corrected chi connectivity index (χ3v) is 2.74. The van der Waals surface area contributed by atoms with E-state index in [0.717, 1.165) is 5.56 Å². The monoisotopic (exact) mass is 254 g/mol. The highest BCUT2D eigenvalue weighted by Gasteiger charge is 2.14. The van der Waals surface area contributed by atoms with Crippen LogP contribution in [0.3, 0.4) is 0 Å². The second kappa shape index (κ2) is 7.08. The van der Waals surface area contributed by atoms with Crippen molar-refractivity contribution in [3.63, 3.8) is 0 Å². The minimum absolute atomic E-state index is 0.163. The number of benzene rings is 1. The van der Waals surface area contributed by atoms with E-state index in [0.29, 0.717) is 0 Å². The zero-order chi connectivity index (χ0) is 13.5. The van der Waals surface area contributed by atoms with Crippen LogP contribution < -0.4 is 11.1 Å². The van der Waals surface area contributed by atoms with E-state index in [9.17, 15) is 9.18 Å². The molecule has 1 unspecified atom stereocenters. The molecule has 1 aromatic carbocycles. The first kappa shape index (κ1) is 14.6. The number of rotatable bonds is 6. The first-order chi connectivity index (χ1) is 8.56. The van der Waals surface area contributed by atoms with Crippen LogP contribution in [0.5, 0.6) is 0 Å². The zero-order valence-corrected chi connectivity index (χ0v) is 10.7. The Kier molecular flexibility index (Phi) is 5.74. The number of nitrogens with two attached hydrogens (primary N) is 1. The summed E-state index contributed by atoms with van der Waals surface area (Å²) in [5.41, 5.74) is 6.17. The number of amides is 1. The fourth-order valence-corrected chi connectivity index (χ4v) is 1.63. The Balaban J connectivity index is 2.54. The van der Waals surface area contributed by atoms with Crippen LogP contribution in [-0.4, -0.2) is 25.7 Å². The molecule has 0 spiro atoms. The first-order valence-corrected chi connectivity index (χ1v) is 5.84. The largest absolute Gasteiger partial charge is 0.380 e. The summed E-state index contributed by atoms with van der Waals surface area (Å²) in [4.78, 5) is 11.7. The molecule has 0 aromatic heterocycles. The SMILES string of the molecule is COC(CN)CC(=O)N[C@@H](C)c1cccc(F)c1. The lowest BCUT2D eigenvalue weighted by molar-refractivity contribution is -0.124. The molecular weight excluding hydrogens is 235 g/mol. The van der Waals surface area contributed by atoms with Crippen molar-refractivity contribution in [1.82, 2.24) is 5.32 Å². The summed E-state index contributed by atoms with van der Waals surface area (Å²) < 4.78 is 18.1. The van der Waals surface area contributed by atoms with Gasteiger partial charge in [0.15, 0.2) is 0 Å². The van der Waals surface area contributed by atoms with Gasteiger partial charge < -0.3 is 15.8 Å². The molecule has 1 amide bonds. The molecule has 0 saturated heterocycles. The number of nitrogens with one attached hydrogen (secondary N) is 1. The van der Waals surface area contributed by atoms with E-state index in [4.69, 9.17) is 10.5 Å². The van der Waals surface area contributed by atoms with Crippen LogP contribution in [0.25, 0.3) is 0 Å². The number of halogens is 1. The summed E-state index contributed by atoms with van der Waals surface area (Å²) in [6.45, 7) is 2.09. The summed E-state index contributed by atoms with van der Waals surface area (Å²) in [6, 6.07) is 5.91. The van der Waals surface area contributed by atoms with Crippen molar-refractivity contribution in [2.45, 2.75) is 25.5 Å².